The van der Waals surface area contributed by atoms with Gasteiger partial charge in [0.25, 0.3) is 0 Å². The van der Waals surface area contributed by atoms with E-state index < -0.39 is 0 Å². The fraction of sp³-hybridized carbons (Fsp3) is 0.345. The summed E-state index contributed by atoms with van der Waals surface area (Å²) < 4.78 is 26.2. The molecule has 174 valence electrons. The molecule has 0 fully saturated rings. The van der Waals surface area contributed by atoms with Gasteiger partial charge in [0.05, 0.1) is 7.11 Å². The normalized spacial score (nSPS) is 12.3. The largest absolute Gasteiger partial charge is 0.497 e. The maximum Gasteiger partial charge on any atom is 0.131 e. The van der Waals surface area contributed by atoms with Crippen LogP contribution in [-0.4, -0.2) is 12.9 Å². The lowest BCUT2D eigenvalue weighted by atomic mass is 9.81. The van der Waals surface area contributed by atoms with E-state index in [0.717, 1.165) is 28.0 Å². The molecule has 0 aromatic heterocycles. The number of methoxy groups -OCH3 is 1. The maximum atomic E-state index is 14.8. The molecule has 33 heavy (non-hydrogen) atoms. The monoisotopic (exact) mass is 448 g/mol. The van der Waals surface area contributed by atoms with Crippen LogP contribution < -0.4 is 9.47 Å². The first kappa shape index (κ1) is 24.5. The third-order valence-electron chi connectivity index (χ3n) is 5.80. The summed E-state index contributed by atoms with van der Waals surface area (Å²) in [5, 5.41) is 0. The molecule has 0 aliphatic carbocycles. The molecule has 0 aliphatic rings. The Bertz CT molecular complexity index is 1110. The van der Waals surface area contributed by atoms with Gasteiger partial charge in [0.1, 0.15) is 29.7 Å². The van der Waals surface area contributed by atoms with E-state index in [1.54, 1.807) is 26.2 Å². The lowest BCUT2D eigenvalue weighted by Gasteiger charge is -2.24. The molecule has 3 aromatic rings. The van der Waals surface area contributed by atoms with Crippen molar-refractivity contribution in [2.75, 3.05) is 7.11 Å². The van der Waals surface area contributed by atoms with Crippen LogP contribution in [0.2, 0.25) is 0 Å². The highest BCUT2D eigenvalue weighted by Gasteiger charge is 2.21. The smallest absolute Gasteiger partial charge is 0.131 e. The molecule has 3 nitrogen and oxygen atoms in total. The van der Waals surface area contributed by atoms with Crippen LogP contribution in [0.5, 0.6) is 11.5 Å². The number of carbonyl (C=O) groups is 1. The minimum Gasteiger partial charge on any atom is -0.497 e. The van der Waals surface area contributed by atoms with Gasteiger partial charge in [-0.2, -0.15) is 0 Å². The standard InChI is InChI=1S/C29H33FO3/c1-19(15-20(2)31)22-8-10-23(11-9-22)33-18-21-7-13-27(29(3,4)5)25(16-21)26-17-24(32-6)12-14-28(26)30/h7-14,16-17,19H,15,18H2,1-6H3/t19-/m1/s1. The van der Waals surface area contributed by atoms with E-state index in [1.807, 2.05) is 43.3 Å². The van der Waals surface area contributed by atoms with Gasteiger partial charge in [0.15, 0.2) is 0 Å². The second kappa shape index (κ2) is 10.2. The minimum absolute atomic E-state index is 0.156. The van der Waals surface area contributed by atoms with E-state index in [9.17, 15) is 9.18 Å². The van der Waals surface area contributed by atoms with Crippen LogP contribution in [0.1, 0.15) is 63.6 Å². The van der Waals surface area contributed by atoms with Gasteiger partial charge in [-0.1, -0.05) is 52.0 Å². The Morgan fingerprint density at radius 1 is 0.939 bits per heavy atom. The highest BCUT2D eigenvalue weighted by atomic mass is 19.1. The Hall–Kier alpha value is -3.14. The highest BCUT2D eigenvalue weighted by Crippen LogP contribution is 2.37. The van der Waals surface area contributed by atoms with E-state index in [2.05, 4.69) is 26.8 Å². The van der Waals surface area contributed by atoms with Crippen LogP contribution in [0.3, 0.4) is 0 Å². The lowest BCUT2D eigenvalue weighted by molar-refractivity contribution is -0.117. The van der Waals surface area contributed by atoms with Gasteiger partial charge in [0.2, 0.25) is 0 Å². The van der Waals surface area contributed by atoms with Crippen LogP contribution in [0.25, 0.3) is 11.1 Å². The van der Waals surface area contributed by atoms with Crippen molar-refractivity contribution in [1.82, 2.24) is 0 Å². The van der Waals surface area contributed by atoms with Gasteiger partial charge in [-0.05, 0) is 76.9 Å². The SMILES string of the molecule is COc1ccc(F)c(-c2cc(COc3ccc([C@H](C)CC(C)=O)cc3)ccc2C(C)(C)C)c1. The zero-order valence-electron chi connectivity index (χ0n) is 20.4. The molecule has 0 N–H and O–H groups in total. The Kier molecular flexibility index (Phi) is 7.57. The van der Waals surface area contributed by atoms with Crippen molar-refractivity contribution in [1.29, 1.82) is 0 Å². The second-order valence-electron chi connectivity index (χ2n) is 9.64. The van der Waals surface area contributed by atoms with Crippen molar-refractivity contribution >= 4 is 5.78 Å². The van der Waals surface area contributed by atoms with Crippen LogP contribution in [-0.2, 0) is 16.8 Å². The second-order valence-corrected chi connectivity index (χ2v) is 9.64. The molecule has 0 spiro atoms. The molecule has 0 heterocycles. The van der Waals surface area contributed by atoms with Gasteiger partial charge in [-0.25, -0.2) is 4.39 Å². The fourth-order valence-corrected chi connectivity index (χ4v) is 4.00. The topological polar surface area (TPSA) is 35.5 Å². The maximum absolute atomic E-state index is 14.8. The summed E-state index contributed by atoms with van der Waals surface area (Å²) in [4.78, 5) is 11.4. The van der Waals surface area contributed by atoms with E-state index in [1.165, 1.54) is 6.07 Å². The zero-order chi connectivity index (χ0) is 24.2. The van der Waals surface area contributed by atoms with Crippen molar-refractivity contribution < 1.29 is 18.7 Å². The van der Waals surface area contributed by atoms with Gasteiger partial charge in [-0.15, -0.1) is 0 Å². The number of rotatable bonds is 8. The fourth-order valence-electron chi connectivity index (χ4n) is 4.00. The molecule has 0 bridgehead atoms. The quantitative estimate of drug-likeness (QED) is 0.359. The molecular formula is C29H33FO3. The van der Waals surface area contributed by atoms with Gasteiger partial charge in [-0.3, -0.25) is 0 Å². The number of Topliss-reactive ketones (excluding diaryl/α,β-unsaturated/α-hetero) is 1. The first-order chi connectivity index (χ1) is 15.6. The zero-order valence-corrected chi connectivity index (χ0v) is 20.4. The van der Waals surface area contributed by atoms with Gasteiger partial charge < -0.3 is 14.3 Å². The van der Waals surface area contributed by atoms with Crippen molar-refractivity contribution in [2.45, 2.75) is 59.0 Å². The summed E-state index contributed by atoms with van der Waals surface area (Å²) in [6, 6.07) is 18.8. The number of halogens is 1. The van der Waals surface area contributed by atoms with Crippen molar-refractivity contribution in [2.24, 2.45) is 0 Å². The van der Waals surface area contributed by atoms with E-state index in [0.29, 0.717) is 24.3 Å². The number of carbonyl (C=O) groups excluding carboxylic acids is 1. The predicted molar refractivity (Wildman–Crippen MR) is 132 cm³/mol. The van der Waals surface area contributed by atoms with Gasteiger partial charge in [0, 0.05) is 12.0 Å². The van der Waals surface area contributed by atoms with Crippen molar-refractivity contribution in [3.8, 4) is 22.6 Å². The predicted octanol–water partition coefficient (Wildman–Crippen LogP) is 7.46. The molecule has 3 aromatic carbocycles. The summed E-state index contributed by atoms with van der Waals surface area (Å²) in [5.74, 6) is 1.45. The average Bonchev–Trinajstić information content (AvgIpc) is 2.77. The van der Waals surface area contributed by atoms with E-state index >= 15 is 0 Å². The summed E-state index contributed by atoms with van der Waals surface area (Å²) in [6.07, 6.45) is 0.532. The van der Waals surface area contributed by atoms with E-state index in [4.69, 9.17) is 9.47 Å². The molecular weight excluding hydrogens is 415 g/mol. The molecule has 0 unspecified atom stereocenters. The van der Waals surface area contributed by atoms with Gasteiger partial charge >= 0.3 is 0 Å². The molecule has 3 rings (SSSR count). The molecule has 0 amide bonds. The third kappa shape index (κ3) is 6.22. The van der Waals surface area contributed by atoms with Crippen molar-refractivity contribution in [3.05, 3.63) is 83.2 Å². The minimum atomic E-state index is -0.283. The number of benzene rings is 3. The molecule has 0 saturated carbocycles. The average molecular weight is 449 g/mol. The first-order valence-corrected chi connectivity index (χ1v) is 11.3. The molecule has 1 atom stereocenters. The Labute approximate surface area is 196 Å². The number of hydrogen-bond donors (Lipinski definition) is 0. The molecule has 4 heteroatoms. The highest BCUT2D eigenvalue weighted by molar-refractivity contribution is 5.76. The molecule has 0 aliphatic heterocycles. The summed E-state index contributed by atoms with van der Waals surface area (Å²) in [7, 11) is 1.58. The van der Waals surface area contributed by atoms with Crippen molar-refractivity contribution in [3.63, 3.8) is 0 Å². The number of hydrogen-bond acceptors (Lipinski definition) is 3. The van der Waals surface area contributed by atoms with Crippen LogP contribution in [0.4, 0.5) is 4.39 Å². The van der Waals surface area contributed by atoms with E-state index in [-0.39, 0.29) is 22.9 Å². The van der Waals surface area contributed by atoms with Crippen LogP contribution in [0, 0.1) is 5.82 Å². The Balaban J connectivity index is 1.85. The summed E-state index contributed by atoms with van der Waals surface area (Å²) >= 11 is 0. The Morgan fingerprint density at radius 3 is 2.21 bits per heavy atom. The lowest BCUT2D eigenvalue weighted by Crippen LogP contribution is -2.13. The van der Waals surface area contributed by atoms with Crippen LogP contribution in [0.15, 0.2) is 60.7 Å². The molecule has 0 radical (unpaired) electrons. The van der Waals surface area contributed by atoms with Crippen LogP contribution >= 0.6 is 0 Å². The Morgan fingerprint density at radius 2 is 1.61 bits per heavy atom. The molecule has 0 saturated heterocycles. The third-order valence-corrected chi connectivity index (χ3v) is 5.80. The first-order valence-electron chi connectivity index (χ1n) is 11.3. The summed E-state index contributed by atoms with van der Waals surface area (Å²) in [5.41, 5.74) is 4.33. The number of ether oxygens (including phenoxy) is 2. The number of ketones is 1. The summed E-state index contributed by atoms with van der Waals surface area (Å²) in [6.45, 7) is 10.4.